The minimum atomic E-state index is 0.892. The van der Waals surface area contributed by atoms with Gasteiger partial charge in [0, 0.05) is 39.0 Å². The highest BCUT2D eigenvalue weighted by Gasteiger charge is 2.22. The van der Waals surface area contributed by atoms with Crippen molar-refractivity contribution in [3.8, 4) is 39.1 Å². The van der Waals surface area contributed by atoms with E-state index in [1.807, 2.05) is 0 Å². The van der Waals surface area contributed by atoms with E-state index in [4.69, 9.17) is 4.42 Å². The van der Waals surface area contributed by atoms with Crippen molar-refractivity contribution in [1.29, 1.82) is 0 Å². The monoisotopic (exact) mass is 678 g/mol. The van der Waals surface area contributed by atoms with Crippen LogP contribution in [0.2, 0.25) is 0 Å². The minimum Gasteiger partial charge on any atom is -0.453 e. The van der Waals surface area contributed by atoms with E-state index >= 15 is 0 Å². The molecular weight excluding hydrogens is 645 g/mol. The average molecular weight is 679 g/mol. The van der Waals surface area contributed by atoms with Crippen molar-refractivity contribution in [3.63, 3.8) is 0 Å². The molecule has 0 aliphatic carbocycles. The molecule has 10 aromatic rings. The van der Waals surface area contributed by atoms with Gasteiger partial charge in [-0.3, -0.25) is 0 Å². The third-order valence-electron chi connectivity index (χ3n) is 10.2. The van der Waals surface area contributed by atoms with Gasteiger partial charge in [-0.1, -0.05) is 146 Å². The number of hydrogen-bond acceptors (Lipinski definition) is 2. The number of furan rings is 1. The van der Waals surface area contributed by atoms with Crippen molar-refractivity contribution in [2.24, 2.45) is 0 Å². The highest BCUT2D eigenvalue weighted by molar-refractivity contribution is 6.18. The topological polar surface area (TPSA) is 21.3 Å². The predicted molar refractivity (Wildman–Crippen MR) is 222 cm³/mol. The van der Waals surface area contributed by atoms with Crippen LogP contribution in [0.5, 0.6) is 0 Å². The van der Waals surface area contributed by atoms with Crippen LogP contribution in [0, 0.1) is 0 Å². The van der Waals surface area contributed by atoms with Crippen molar-refractivity contribution in [1.82, 2.24) is 4.57 Å². The molecule has 0 radical (unpaired) electrons. The van der Waals surface area contributed by atoms with Gasteiger partial charge in [-0.05, 0) is 82.9 Å². The quantitative estimate of drug-likeness (QED) is 0.167. The highest BCUT2D eigenvalue weighted by Crippen LogP contribution is 2.44. The number of hydrogen-bond donors (Lipinski definition) is 0. The Labute approximate surface area is 308 Å². The summed E-state index contributed by atoms with van der Waals surface area (Å²) in [4.78, 5) is 2.36. The maximum Gasteiger partial charge on any atom is 0.161 e. The maximum atomic E-state index is 6.85. The highest BCUT2D eigenvalue weighted by atomic mass is 16.3. The summed E-state index contributed by atoms with van der Waals surface area (Å²) in [6, 6.07) is 73.1. The lowest BCUT2D eigenvalue weighted by Crippen LogP contribution is -2.11. The Kier molecular flexibility index (Phi) is 7.47. The minimum absolute atomic E-state index is 0.892. The smallest absolute Gasteiger partial charge is 0.161 e. The van der Waals surface area contributed by atoms with E-state index < -0.39 is 0 Å². The summed E-state index contributed by atoms with van der Waals surface area (Å²) >= 11 is 0. The Morgan fingerprint density at radius 3 is 1.58 bits per heavy atom. The first-order valence-electron chi connectivity index (χ1n) is 18.0. The van der Waals surface area contributed by atoms with E-state index in [1.54, 1.807) is 0 Å². The number of para-hydroxylation sites is 4. The van der Waals surface area contributed by atoms with Crippen LogP contribution >= 0.6 is 0 Å². The molecule has 0 spiro atoms. The Bertz CT molecular complexity index is 2850. The van der Waals surface area contributed by atoms with Crippen LogP contribution in [0.25, 0.3) is 72.0 Å². The van der Waals surface area contributed by atoms with Gasteiger partial charge < -0.3 is 13.9 Å². The predicted octanol–water partition coefficient (Wildman–Crippen LogP) is 14.0. The summed E-state index contributed by atoms with van der Waals surface area (Å²) in [6.07, 6.45) is 0. The molecule has 0 saturated heterocycles. The summed E-state index contributed by atoms with van der Waals surface area (Å²) < 4.78 is 9.18. The molecule has 10 rings (SSSR count). The van der Waals surface area contributed by atoms with Crippen molar-refractivity contribution in [2.45, 2.75) is 0 Å². The molecule has 0 atom stereocenters. The molecule has 2 aromatic heterocycles. The van der Waals surface area contributed by atoms with E-state index in [9.17, 15) is 0 Å². The van der Waals surface area contributed by atoms with E-state index in [-0.39, 0.29) is 0 Å². The lowest BCUT2D eigenvalue weighted by molar-refractivity contribution is 0.674. The van der Waals surface area contributed by atoms with Crippen molar-refractivity contribution < 1.29 is 4.42 Å². The van der Waals surface area contributed by atoms with Crippen molar-refractivity contribution in [3.05, 3.63) is 206 Å². The molecule has 3 heteroatoms. The fourth-order valence-electron chi connectivity index (χ4n) is 7.75. The van der Waals surface area contributed by atoms with Crippen LogP contribution in [0.15, 0.2) is 211 Å². The van der Waals surface area contributed by atoms with Gasteiger partial charge in [-0.2, -0.15) is 0 Å². The fraction of sp³-hybridized carbons (Fsp3) is 0. The molecule has 8 aromatic carbocycles. The Morgan fingerprint density at radius 1 is 0.358 bits per heavy atom. The first-order valence-corrected chi connectivity index (χ1v) is 18.0. The number of nitrogens with zero attached hydrogens (tertiary/aromatic N) is 2. The average Bonchev–Trinajstić information content (AvgIpc) is 3.78. The molecule has 250 valence electrons. The summed E-state index contributed by atoms with van der Waals surface area (Å²) in [6.45, 7) is 0. The van der Waals surface area contributed by atoms with Crippen LogP contribution in [0.4, 0.5) is 17.1 Å². The Hall–Kier alpha value is -7.10. The van der Waals surface area contributed by atoms with Crippen LogP contribution in [-0.4, -0.2) is 4.57 Å². The third-order valence-corrected chi connectivity index (χ3v) is 10.2. The normalized spacial score (nSPS) is 11.4. The van der Waals surface area contributed by atoms with Crippen molar-refractivity contribution in [2.75, 3.05) is 4.90 Å². The Balaban J connectivity index is 1.11. The molecule has 0 unspecified atom stereocenters. The van der Waals surface area contributed by atoms with Gasteiger partial charge in [-0.15, -0.1) is 0 Å². The lowest BCUT2D eigenvalue weighted by Gasteiger charge is -2.28. The molecular formula is C50H34N2O. The lowest BCUT2D eigenvalue weighted by atomic mass is 10.00. The number of rotatable bonds is 7. The van der Waals surface area contributed by atoms with Crippen LogP contribution in [0.3, 0.4) is 0 Å². The second-order valence-electron chi connectivity index (χ2n) is 13.3. The number of aromatic nitrogens is 1. The molecule has 0 fully saturated rings. The Morgan fingerprint density at radius 2 is 0.868 bits per heavy atom. The van der Waals surface area contributed by atoms with Gasteiger partial charge in [0.1, 0.15) is 11.1 Å². The summed E-state index contributed by atoms with van der Waals surface area (Å²) in [7, 11) is 0. The summed E-state index contributed by atoms with van der Waals surface area (Å²) in [5, 5.41) is 2.20. The summed E-state index contributed by atoms with van der Waals surface area (Å²) in [5.74, 6) is 0. The van der Waals surface area contributed by atoms with Crippen LogP contribution in [0.1, 0.15) is 0 Å². The SMILES string of the molecule is c1ccc(-c2ccc(N(c3ccc(-c4cccc5c4oc4c6ccccc6n(-c6ccccc6)c54)cc3)c3ccccc3-c3ccccc3)cc2)cc1. The third kappa shape index (κ3) is 5.30. The van der Waals surface area contributed by atoms with Gasteiger partial charge >= 0.3 is 0 Å². The van der Waals surface area contributed by atoms with Gasteiger partial charge in [-0.25, -0.2) is 0 Å². The molecule has 53 heavy (non-hydrogen) atoms. The van der Waals surface area contributed by atoms with Gasteiger partial charge in [0.25, 0.3) is 0 Å². The molecule has 2 heterocycles. The molecule has 3 nitrogen and oxygen atoms in total. The van der Waals surface area contributed by atoms with Crippen LogP contribution in [-0.2, 0) is 0 Å². The second-order valence-corrected chi connectivity index (χ2v) is 13.3. The summed E-state index contributed by atoms with van der Waals surface area (Å²) in [5.41, 5.74) is 15.3. The number of fused-ring (bicyclic) bond motifs is 5. The number of benzene rings is 8. The maximum absolute atomic E-state index is 6.85. The van der Waals surface area contributed by atoms with Crippen molar-refractivity contribution >= 4 is 50.0 Å². The van der Waals surface area contributed by atoms with E-state index in [0.29, 0.717) is 0 Å². The van der Waals surface area contributed by atoms with Gasteiger partial charge in [0.2, 0.25) is 0 Å². The fourth-order valence-corrected chi connectivity index (χ4v) is 7.75. The zero-order valence-corrected chi connectivity index (χ0v) is 28.9. The largest absolute Gasteiger partial charge is 0.453 e. The molecule has 0 aliphatic heterocycles. The van der Waals surface area contributed by atoms with Gasteiger partial charge in [0.05, 0.1) is 11.2 Å². The van der Waals surface area contributed by atoms with E-state index in [1.165, 1.54) is 22.3 Å². The molecule has 0 saturated carbocycles. The first kappa shape index (κ1) is 30.7. The van der Waals surface area contributed by atoms with Crippen LogP contribution < -0.4 is 4.90 Å². The first-order chi connectivity index (χ1) is 26.3. The van der Waals surface area contributed by atoms with Gasteiger partial charge in [0.15, 0.2) is 5.58 Å². The standard InChI is InChI=1S/C50H34N2O/c1-4-15-35(16-5-1)36-27-31-40(32-28-36)51(46-25-12-10-21-42(46)37-17-6-2-7-18-37)41-33-29-38(30-34-41)43-23-14-24-45-48-50(53-49(43)45)44-22-11-13-26-47(44)52(48)39-19-8-3-9-20-39/h1-34H. The molecule has 0 N–H and O–H groups in total. The zero-order chi connectivity index (χ0) is 35.1. The molecule has 0 aliphatic rings. The van der Waals surface area contributed by atoms with E-state index in [2.05, 4.69) is 216 Å². The zero-order valence-electron chi connectivity index (χ0n) is 28.9. The van der Waals surface area contributed by atoms with E-state index in [0.717, 1.165) is 66.8 Å². The molecule has 0 bridgehead atoms. The molecule has 0 amide bonds. The second kappa shape index (κ2) is 12.9. The number of anilines is 3.